The van der Waals surface area contributed by atoms with E-state index in [0.29, 0.717) is 76.1 Å². The number of anilines is 2. The van der Waals surface area contributed by atoms with Gasteiger partial charge in [-0.1, -0.05) is 177 Å². The summed E-state index contributed by atoms with van der Waals surface area (Å²) >= 11 is 0. The number of piperazine rings is 1. The highest BCUT2D eigenvalue weighted by Crippen LogP contribution is 2.34. The number of ketones is 4. The van der Waals surface area contributed by atoms with Crippen molar-refractivity contribution < 1.29 is 66.9 Å². The predicted molar refractivity (Wildman–Crippen MR) is 461 cm³/mol. The Bertz CT molecular complexity index is 4010. The monoisotopic (exact) mass is 1620 g/mol. The van der Waals surface area contributed by atoms with E-state index >= 15 is 0 Å². The van der Waals surface area contributed by atoms with E-state index in [-0.39, 0.29) is 97.1 Å². The van der Waals surface area contributed by atoms with E-state index in [0.717, 1.165) is 96.9 Å². The van der Waals surface area contributed by atoms with Crippen molar-refractivity contribution in [1.82, 2.24) is 26.6 Å². The van der Waals surface area contributed by atoms with Gasteiger partial charge in [-0.15, -0.1) is 0 Å². The highest BCUT2D eigenvalue weighted by Gasteiger charge is 2.52. The molecule has 0 spiro atoms. The van der Waals surface area contributed by atoms with Crippen LogP contribution in [0.2, 0.25) is 0 Å². The predicted octanol–water partition coefficient (Wildman–Crippen LogP) is 14.0. The topological polar surface area (TPSA) is 281 Å². The van der Waals surface area contributed by atoms with Gasteiger partial charge in [0.15, 0.2) is 23.1 Å². The second kappa shape index (κ2) is 44.9. The third kappa shape index (κ3) is 29.4. The van der Waals surface area contributed by atoms with E-state index in [1.165, 1.54) is 6.42 Å². The fourth-order valence-electron chi connectivity index (χ4n) is 15.7. The van der Waals surface area contributed by atoms with Gasteiger partial charge in [-0.2, -0.15) is 0 Å². The van der Waals surface area contributed by atoms with Crippen molar-refractivity contribution in [2.24, 2.45) is 47.3 Å². The van der Waals surface area contributed by atoms with Crippen LogP contribution in [0.1, 0.15) is 186 Å². The van der Waals surface area contributed by atoms with E-state index in [4.69, 9.17) is 18.9 Å². The first-order chi connectivity index (χ1) is 56.4. The van der Waals surface area contributed by atoms with Gasteiger partial charge in [-0.25, -0.2) is 0 Å². The molecule has 5 N–H and O–H groups in total. The smallest absolute Gasteiger partial charge is 0.311 e. The molecule has 0 aliphatic carbocycles. The van der Waals surface area contributed by atoms with Gasteiger partial charge < -0.3 is 55.3 Å². The Labute approximate surface area is 699 Å². The highest BCUT2D eigenvalue weighted by molar-refractivity contribution is 6.00. The first-order valence-corrected chi connectivity index (χ1v) is 43.0. The first-order valence-electron chi connectivity index (χ1n) is 43.0. The lowest BCUT2D eigenvalue weighted by molar-refractivity contribution is -0.140. The molecule has 636 valence electrons. The van der Waals surface area contributed by atoms with Gasteiger partial charge >= 0.3 is 11.9 Å². The maximum atomic E-state index is 14.4. The summed E-state index contributed by atoms with van der Waals surface area (Å²) in [6, 6.07) is 46.9. The molecule has 4 amide bonds. The first kappa shape index (κ1) is 92.2. The molecular weight excluding hydrogens is 1490 g/mol. The van der Waals surface area contributed by atoms with E-state index in [1.54, 1.807) is 13.8 Å². The molecule has 21 nitrogen and oxygen atoms in total. The van der Waals surface area contributed by atoms with Gasteiger partial charge in [0.25, 0.3) is 0 Å². The summed E-state index contributed by atoms with van der Waals surface area (Å²) < 4.78 is 22.7. The van der Waals surface area contributed by atoms with Crippen molar-refractivity contribution in [2.75, 3.05) is 62.3 Å². The number of carbonyl (C=O) groups is 10. The highest BCUT2D eigenvalue weighted by atomic mass is 16.6. The van der Waals surface area contributed by atoms with Crippen molar-refractivity contribution in [1.29, 1.82) is 0 Å². The van der Waals surface area contributed by atoms with Gasteiger partial charge in [0.1, 0.15) is 22.7 Å². The van der Waals surface area contributed by atoms with Crippen LogP contribution in [0.25, 0.3) is 0 Å². The lowest BCUT2D eigenvalue weighted by atomic mass is 9.87. The molecule has 4 aliphatic rings. The minimum absolute atomic E-state index is 0.0397. The van der Waals surface area contributed by atoms with Crippen LogP contribution in [-0.4, -0.2) is 147 Å². The number of hydrogen-bond donors (Lipinski definition) is 5. The number of aryl methyl sites for hydroxylation is 4. The maximum Gasteiger partial charge on any atom is 0.311 e. The molecule has 4 fully saturated rings. The SMILES string of the molecule is Cc1cc(N2CCCCC2)ccc1OC(=O)C[C@@H](CCc1ccccc1)C(=O)N[C@@H](CC(C)C)C(=O)C[C@@H](Cc1ccccc1)C(=O)N[C@@H](CC(C)C)C(=O)[C@@]1(C)CO1.Cc1cc(N2CCNCC2)ccc1OC(=O)C[C@@H](CCc1ccccc1)C(=O)N[C@@H](CC(C)C)C(=O)C[C@@H](Cc1ccccc1)C(=O)N[C@@H](CC(C)C)C(=O)[C@@]1(C)CO1. The van der Waals surface area contributed by atoms with Gasteiger partial charge in [-0.3, -0.25) is 47.9 Å². The zero-order chi connectivity index (χ0) is 85.1. The van der Waals surface area contributed by atoms with Gasteiger partial charge in [-0.05, 0) is 205 Å². The fourth-order valence-corrected chi connectivity index (χ4v) is 15.7. The van der Waals surface area contributed by atoms with Crippen LogP contribution in [0, 0.1) is 61.2 Å². The summed E-state index contributed by atoms with van der Waals surface area (Å²) in [6.45, 7) is 29.4. The molecule has 10 rings (SSSR count). The summed E-state index contributed by atoms with van der Waals surface area (Å²) in [5, 5.41) is 15.4. The number of carbonyl (C=O) groups excluding carboxylic acids is 10. The summed E-state index contributed by atoms with van der Waals surface area (Å²) in [6.07, 6.45) is 6.91. The maximum absolute atomic E-state index is 14.4. The molecule has 6 aromatic carbocycles. The molecule has 4 heterocycles. The number of nitrogens with zero attached hydrogens (tertiary/aromatic N) is 2. The Morgan fingerprint density at radius 2 is 0.712 bits per heavy atom. The second-order valence-corrected chi connectivity index (χ2v) is 35.1. The lowest BCUT2D eigenvalue weighted by Crippen LogP contribution is -2.50. The number of epoxide rings is 2. The minimum Gasteiger partial charge on any atom is -0.426 e. The fraction of sp³-hybridized carbons (Fsp3) is 0.526. The number of piperidine rings is 1. The van der Waals surface area contributed by atoms with Gasteiger partial charge in [0, 0.05) is 87.2 Å². The number of rotatable bonds is 44. The Morgan fingerprint density at radius 1 is 0.398 bits per heavy atom. The average molecular weight is 1620 g/mol. The van der Waals surface area contributed by atoms with E-state index in [2.05, 4.69) is 36.4 Å². The van der Waals surface area contributed by atoms with Gasteiger partial charge in [0.05, 0.1) is 50.2 Å². The number of nitrogens with one attached hydrogen (secondary N) is 5. The van der Waals surface area contributed by atoms with Crippen molar-refractivity contribution in [3.05, 3.63) is 191 Å². The Balaban J connectivity index is 0.000000269. The van der Waals surface area contributed by atoms with Crippen molar-refractivity contribution in [3.63, 3.8) is 0 Å². The molecule has 4 aliphatic heterocycles. The number of benzene rings is 6. The van der Waals surface area contributed by atoms with Crippen LogP contribution < -0.4 is 45.9 Å². The largest absolute Gasteiger partial charge is 0.426 e. The average Bonchev–Trinajstić information content (AvgIpc) is 1.64. The van der Waals surface area contributed by atoms with E-state index < -0.39 is 82.8 Å². The molecule has 0 unspecified atom stereocenters. The lowest BCUT2D eigenvalue weighted by Gasteiger charge is -2.29. The third-order valence-corrected chi connectivity index (χ3v) is 22.8. The van der Waals surface area contributed by atoms with Crippen LogP contribution in [0.15, 0.2) is 158 Å². The van der Waals surface area contributed by atoms with E-state index in [9.17, 15) is 47.9 Å². The van der Waals surface area contributed by atoms with Crippen LogP contribution in [0.5, 0.6) is 11.5 Å². The molecule has 0 radical (unpaired) electrons. The number of esters is 2. The Morgan fingerprint density at radius 3 is 1.04 bits per heavy atom. The number of Topliss-reactive ketones (excluding diaryl/α,β-unsaturated/α-hetero) is 4. The molecule has 0 saturated carbocycles. The normalized spacial score (nSPS) is 18.4. The minimum atomic E-state index is -0.915. The third-order valence-electron chi connectivity index (χ3n) is 22.8. The Kier molecular flexibility index (Phi) is 35.1. The molecular formula is C97H129N7O14. The molecule has 10 atom stereocenters. The number of ether oxygens (including phenoxy) is 4. The van der Waals surface area contributed by atoms with E-state index in [1.807, 2.05) is 227 Å². The Hall–Kier alpha value is -9.70. The second-order valence-electron chi connectivity index (χ2n) is 35.1. The molecule has 21 heteroatoms. The summed E-state index contributed by atoms with van der Waals surface area (Å²) in [5.74, 6) is -5.41. The summed E-state index contributed by atoms with van der Waals surface area (Å²) in [5.41, 5.74) is 5.84. The zero-order valence-electron chi connectivity index (χ0n) is 71.7. The standard InChI is InChI=1S/C49H65N3O7.C48H64N4O7/c1-33(2)26-41(43(53)30-39(29-37-18-12-8-13-19-37)48(57)51-42(27-34(3)4)46(55)49(6)32-58-49)50-47(56)38(21-20-36-16-10-7-11-17-36)31-45(54)59-44-23-22-40(28-35(44)5)52-24-14-9-15-25-52;1-32(2)25-40(42(53)29-38(28-36-15-11-8-12-16-36)47(57)51-41(26-33(3)4)45(55)48(6)31-58-48)50-46(56)37(18-17-35-13-9-7-10-14-35)30-44(54)59-43-20-19-39(27-34(43)5)52-23-21-49-22-24-52/h7-8,10-13,16-19,22-23,28,33-34,38-39,41-42H,9,14-15,20-21,24-27,29-32H2,1-6H3,(H,50,56)(H,51,57);7-16,19-20,27,32-33,37-38,40-41,49H,17-18,21-26,28-31H2,1-6H3,(H,50,56)(H,51,57)/t38-,39-,41+,42+,49-;37-,38-,40+,41+,48-/m11/s1. The molecule has 0 bridgehead atoms. The molecule has 6 aromatic rings. The number of hydrogen-bond acceptors (Lipinski definition) is 17. The van der Waals surface area contributed by atoms with Crippen LogP contribution in [-0.2, 0) is 83.1 Å². The molecule has 4 saturated heterocycles. The number of amides is 4. The van der Waals surface area contributed by atoms with Crippen molar-refractivity contribution >= 4 is 70.1 Å². The van der Waals surface area contributed by atoms with Crippen LogP contribution >= 0.6 is 0 Å². The zero-order valence-corrected chi connectivity index (χ0v) is 71.7. The van der Waals surface area contributed by atoms with Crippen molar-refractivity contribution in [2.45, 2.75) is 228 Å². The van der Waals surface area contributed by atoms with Crippen LogP contribution in [0.3, 0.4) is 0 Å². The molecule has 118 heavy (non-hydrogen) atoms. The quantitative estimate of drug-likeness (QED) is 0.0135. The van der Waals surface area contributed by atoms with Crippen molar-refractivity contribution in [3.8, 4) is 11.5 Å². The van der Waals surface area contributed by atoms with Crippen LogP contribution in [0.4, 0.5) is 11.4 Å². The summed E-state index contributed by atoms with van der Waals surface area (Å²) in [7, 11) is 0. The van der Waals surface area contributed by atoms with Gasteiger partial charge in [0.2, 0.25) is 23.6 Å². The molecule has 0 aromatic heterocycles. The summed E-state index contributed by atoms with van der Waals surface area (Å²) in [4.78, 5) is 144.